The lowest BCUT2D eigenvalue weighted by Gasteiger charge is -2.34. The molecule has 0 saturated heterocycles. The number of nitrogens with zero attached hydrogens (tertiary/aromatic N) is 2. The second-order valence-electron chi connectivity index (χ2n) is 4.09. The predicted molar refractivity (Wildman–Crippen MR) is 66.8 cm³/mol. The van der Waals surface area contributed by atoms with E-state index in [4.69, 9.17) is 5.73 Å². The second kappa shape index (κ2) is 3.52. The van der Waals surface area contributed by atoms with Crippen LogP contribution in [-0.4, -0.2) is 16.7 Å². The van der Waals surface area contributed by atoms with Crippen LogP contribution in [-0.2, 0) is 6.42 Å². The number of aromatic nitrogens is 2. The van der Waals surface area contributed by atoms with Crippen molar-refractivity contribution >= 4 is 22.8 Å². The number of rotatable bonds is 1. The quantitative estimate of drug-likeness (QED) is 0.795. The van der Waals surface area contributed by atoms with Crippen LogP contribution in [0.25, 0.3) is 0 Å². The monoisotopic (exact) mass is 234 g/mol. The van der Waals surface area contributed by atoms with Gasteiger partial charge in [0.1, 0.15) is 5.82 Å². The highest BCUT2D eigenvalue weighted by Crippen LogP contribution is 2.37. The predicted octanol–water partition coefficient (Wildman–Crippen LogP) is 2.18. The van der Waals surface area contributed by atoms with E-state index in [-0.39, 0.29) is 0 Å². The minimum absolute atomic E-state index is 0.384. The van der Waals surface area contributed by atoms with Gasteiger partial charge in [-0.2, -0.15) is 5.10 Å². The normalized spacial score (nSPS) is 19.8. The molecule has 0 spiro atoms. The van der Waals surface area contributed by atoms with Crippen molar-refractivity contribution in [2.75, 3.05) is 17.2 Å². The van der Waals surface area contributed by atoms with Gasteiger partial charge in [0.05, 0.1) is 17.9 Å². The highest BCUT2D eigenvalue weighted by molar-refractivity contribution is 7.10. The second-order valence-corrected chi connectivity index (χ2v) is 5.09. The van der Waals surface area contributed by atoms with Gasteiger partial charge in [-0.15, -0.1) is 11.3 Å². The molecule has 0 aliphatic carbocycles. The Morgan fingerprint density at radius 2 is 2.50 bits per heavy atom. The highest BCUT2D eigenvalue weighted by Gasteiger charge is 2.26. The van der Waals surface area contributed by atoms with E-state index in [2.05, 4.69) is 33.5 Å². The molecule has 0 bridgehead atoms. The van der Waals surface area contributed by atoms with Gasteiger partial charge in [-0.3, -0.25) is 5.10 Å². The van der Waals surface area contributed by atoms with Crippen molar-refractivity contribution in [3.05, 3.63) is 28.1 Å². The Morgan fingerprint density at radius 1 is 1.62 bits per heavy atom. The zero-order valence-corrected chi connectivity index (χ0v) is 9.92. The summed E-state index contributed by atoms with van der Waals surface area (Å²) in [7, 11) is 0. The standard InChI is InChI=1S/C11H14N4S/c1-7-8-3-5-16-10(8)2-4-15(7)9-6-13-14-11(9)12/h3,5-7H,2,4H2,1H3,(H3,12,13,14). The van der Waals surface area contributed by atoms with Gasteiger partial charge in [0.25, 0.3) is 0 Å². The van der Waals surface area contributed by atoms with E-state index in [1.54, 1.807) is 0 Å². The molecule has 0 fully saturated rings. The van der Waals surface area contributed by atoms with E-state index in [0.29, 0.717) is 11.9 Å². The van der Waals surface area contributed by atoms with E-state index in [1.807, 2.05) is 17.5 Å². The first kappa shape index (κ1) is 9.72. The van der Waals surface area contributed by atoms with Crippen LogP contribution in [0.1, 0.15) is 23.4 Å². The molecule has 0 radical (unpaired) electrons. The summed E-state index contributed by atoms with van der Waals surface area (Å²) in [5.41, 5.74) is 8.32. The fourth-order valence-corrected chi connectivity index (χ4v) is 3.32. The topological polar surface area (TPSA) is 57.9 Å². The van der Waals surface area contributed by atoms with Crippen molar-refractivity contribution in [3.8, 4) is 0 Å². The highest BCUT2D eigenvalue weighted by atomic mass is 32.1. The summed E-state index contributed by atoms with van der Waals surface area (Å²) >= 11 is 1.85. The van der Waals surface area contributed by atoms with E-state index >= 15 is 0 Å². The molecular weight excluding hydrogens is 220 g/mol. The lowest BCUT2D eigenvalue weighted by atomic mass is 10.0. The number of hydrogen-bond acceptors (Lipinski definition) is 4. The van der Waals surface area contributed by atoms with Gasteiger partial charge in [0.2, 0.25) is 0 Å². The number of anilines is 2. The molecule has 3 heterocycles. The molecule has 3 rings (SSSR count). The fourth-order valence-electron chi connectivity index (χ4n) is 2.36. The number of nitrogen functional groups attached to an aromatic ring is 1. The van der Waals surface area contributed by atoms with E-state index in [1.165, 1.54) is 10.4 Å². The summed E-state index contributed by atoms with van der Waals surface area (Å²) in [4.78, 5) is 3.82. The van der Waals surface area contributed by atoms with Gasteiger partial charge < -0.3 is 10.6 Å². The summed E-state index contributed by atoms with van der Waals surface area (Å²) < 4.78 is 0. The van der Waals surface area contributed by atoms with Crippen LogP contribution in [0.2, 0.25) is 0 Å². The zero-order chi connectivity index (χ0) is 11.1. The Bertz CT molecular complexity index is 502. The van der Waals surface area contributed by atoms with Crippen LogP contribution >= 0.6 is 11.3 Å². The average Bonchev–Trinajstić information content (AvgIpc) is 2.88. The molecular formula is C11H14N4S. The molecule has 2 aromatic rings. The third-order valence-electron chi connectivity index (χ3n) is 3.23. The SMILES string of the molecule is CC1c2ccsc2CCN1c1cn[nH]c1N. The molecule has 0 amide bonds. The van der Waals surface area contributed by atoms with Gasteiger partial charge >= 0.3 is 0 Å². The molecule has 0 aromatic carbocycles. The molecule has 1 aliphatic heterocycles. The molecule has 1 aliphatic rings. The number of aromatic amines is 1. The van der Waals surface area contributed by atoms with Crippen LogP contribution < -0.4 is 10.6 Å². The maximum atomic E-state index is 5.87. The van der Waals surface area contributed by atoms with Crippen LogP contribution in [0.5, 0.6) is 0 Å². The lowest BCUT2D eigenvalue weighted by molar-refractivity contribution is 0.634. The van der Waals surface area contributed by atoms with Crippen LogP contribution in [0.4, 0.5) is 11.5 Å². The molecule has 84 valence electrons. The summed E-state index contributed by atoms with van der Waals surface area (Å²) in [6, 6.07) is 2.60. The molecule has 1 unspecified atom stereocenters. The van der Waals surface area contributed by atoms with E-state index < -0.39 is 0 Å². The molecule has 3 N–H and O–H groups in total. The third kappa shape index (κ3) is 1.31. The third-order valence-corrected chi connectivity index (χ3v) is 4.23. The van der Waals surface area contributed by atoms with Crippen molar-refractivity contribution in [3.63, 3.8) is 0 Å². The molecule has 16 heavy (non-hydrogen) atoms. The Hall–Kier alpha value is -1.49. The van der Waals surface area contributed by atoms with Gasteiger partial charge in [-0.1, -0.05) is 0 Å². The minimum Gasteiger partial charge on any atom is -0.382 e. The molecule has 5 heteroatoms. The summed E-state index contributed by atoms with van der Waals surface area (Å²) in [5.74, 6) is 0.658. The summed E-state index contributed by atoms with van der Waals surface area (Å²) in [6.45, 7) is 3.23. The maximum Gasteiger partial charge on any atom is 0.142 e. The average molecular weight is 234 g/mol. The van der Waals surface area contributed by atoms with Gasteiger partial charge in [0, 0.05) is 11.4 Å². The number of fused-ring (bicyclic) bond motifs is 1. The Labute approximate surface area is 98.1 Å². The molecule has 0 saturated carbocycles. The van der Waals surface area contributed by atoms with Gasteiger partial charge in [-0.25, -0.2) is 0 Å². The van der Waals surface area contributed by atoms with Crippen molar-refractivity contribution < 1.29 is 0 Å². The summed E-state index contributed by atoms with van der Waals surface area (Å²) in [5, 5.41) is 8.95. The number of thiophene rings is 1. The Morgan fingerprint density at radius 3 is 3.25 bits per heavy atom. The van der Waals surface area contributed by atoms with Crippen LogP contribution in [0.3, 0.4) is 0 Å². The Kier molecular flexibility index (Phi) is 2.14. The van der Waals surface area contributed by atoms with Crippen LogP contribution in [0.15, 0.2) is 17.6 Å². The fraction of sp³-hybridized carbons (Fsp3) is 0.364. The van der Waals surface area contributed by atoms with Crippen molar-refractivity contribution in [2.45, 2.75) is 19.4 Å². The molecule has 4 nitrogen and oxygen atoms in total. The first-order chi connectivity index (χ1) is 7.77. The summed E-state index contributed by atoms with van der Waals surface area (Å²) in [6.07, 6.45) is 2.91. The maximum absolute atomic E-state index is 5.87. The largest absolute Gasteiger partial charge is 0.382 e. The van der Waals surface area contributed by atoms with E-state index in [0.717, 1.165) is 18.7 Å². The minimum atomic E-state index is 0.384. The number of H-pyrrole nitrogens is 1. The van der Waals surface area contributed by atoms with E-state index in [9.17, 15) is 0 Å². The van der Waals surface area contributed by atoms with Crippen molar-refractivity contribution in [2.24, 2.45) is 0 Å². The lowest BCUT2D eigenvalue weighted by Crippen LogP contribution is -2.33. The first-order valence-electron chi connectivity index (χ1n) is 5.39. The van der Waals surface area contributed by atoms with Crippen LogP contribution in [0, 0.1) is 0 Å². The van der Waals surface area contributed by atoms with Crippen molar-refractivity contribution in [1.29, 1.82) is 0 Å². The molecule has 2 aromatic heterocycles. The first-order valence-corrected chi connectivity index (χ1v) is 6.27. The van der Waals surface area contributed by atoms with Gasteiger partial charge in [-0.05, 0) is 30.4 Å². The zero-order valence-electron chi connectivity index (χ0n) is 9.10. The van der Waals surface area contributed by atoms with Gasteiger partial charge in [0.15, 0.2) is 0 Å². The number of nitrogens with one attached hydrogen (secondary N) is 1. The smallest absolute Gasteiger partial charge is 0.142 e. The Balaban J connectivity index is 1.99. The molecule has 1 atom stereocenters. The number of nitrogens with two attached hydrogens (primary N) is 1. The van der Waals surface area contributed by atoms with Crippen molar-refractivity contribution in [1.82, 2.24) is 10.2 Å². The number of hydrogen-bond donors (Lipinski definition) is 2.